The van der Waals surface area contributed by atoms with Crippen LogP contribution in [0.3, 0.4) is 0 Å². The third-order valence-corrected chi connectivity index (χ3v) is 7.58. The molecule has 3 aromatic carbocycles. The molecule has 1 unspecified atom stereocenters. The second kappa shape index (κ2) is 8.74. The lowest BCUT2D eigenvalue weighted by atomic mass is 10.0. The first-order chi connectivity index (χ1) is 14.4. The predicted octanol–water partition coefficient (Wildman–Crippen LogP) is 5.53. The second-order valence-corrected chi connectivity index (χ2v) is 10.2. The molecule has 1 aliphatic heterocycles. The summed E-state index contributed by atoms with van der Waals surface area (Å²) in [4.78, 5) is 5.22. The number of hydrogen-bond acceptors (Lipinski definition) is 3. The van der Waals surface area contributed by atoms with E-state index in [1.165, 1.54) is 4.31 Å². The van der Waals surface area contributed by atoms with Crippen molar-refractivity contribution in [3.05, 3.63) is 100 Å². The van der Waals surface area contributed by atoms with E-state index in [4.69, 9.17) is 4.99 Å². The van der Waals surface area contributed by atoms with Gasteiger partial charge in [-0.2, -0.15) is 0 Å². The smallest absolute Gasteiger partial charge is 0.263 e. The molecule has 0 radical (unpaired) electrons. The van der Waals surface area contributed by atoms with Crippen LogP contribution in [0.15, 0.2) is 93.2 Å². The van der Waals surface area contributed by atoms with Crippen LogP contribution in [0.1, 0.15) is 29.2 Å². The lowest BCUT2D eigenvalue weighted by Gasteiger charge is -2.32. The fourth-order valence-corrected chi connectivity index (χ4v) is 5.53. The standard InChI is InChI=1S/C24H23BrN2O2S/c1-18-10-12-22(13-11-18)30(28,29)27-15-14-23(20-8-5-9-21(25)17-20)26-24(27)16-19-6-3-2-4-7-19/h2-13,17,23H,14-16H2,1H3. The van der Waals surface area contributed by atoms with Gasteiger partial charge >= 0.3 is 0 Å². The molecule has 1 atom stereocenters. The first-order valence-corrected chi connectivity index (χ1v) is 12.1. The quantitative estimate of drug-likeness (QED) is 0.479. The summed E-state index contributed by atoms with van der Waals surface area (Å²) < 4.78 is 29.3. The number of rotatable bonds is 5. The molecule has 0 aliphatic carbocycles. The van der Waals surface area contributed by atoms with Gasteiger partial charge in [0.05, 0.1) is 10.9 Å². The topological polar surface area (TPSA) is 49.7 Å². The normalized spacial score (nSPS) is 16.9. The molecule has 0 fully saturated rings. The number of aryl methyl sites for hydroxylation is 1. The number of aliphatic imine (C=N–C) groups is 1. The Morgan fingerprint density at radius 2 is 1.73 bits per heavy atom. The van der Waals surface area contributed by atoms with Gasteiger partial charge < -0.3 is 0 Å². The summed E-state index contributed by atoms with van der Waals surface area (Å²) in [7, 11) is -3.67. The number of nitrogens with zero attached hydrogens (tertiary/aromatic N) is 2. The summed E-state index contributed by atoms with van der Waals surface area (Å²) in [6.45, 7) is 2.35. The molecule has 0 aromatic heterocycles. The molecular weight excluding hydrogens is 460 g/mol. The van der Waals surface area contributed by atoms with E-state index in [1.54, 1.807) is 12.1 Å². The minimum atomic E-state index is -3.67. The molecule has 6 heteroatoms. The predicted molar refractivity (Wildman–Crippen MR) is 124 cm³/mol. The van der Waals surface area contributed by atoms with Gasteiger partial charge in [-0.25, -0.2) is 8.42 Å². The maximum Gasteiger partial charge on any atom is 0.265 e. The highest BCUT2D eigenvalue weighted by Gasteiger charge is 2.32. The molecule has 1 heterocycles. The lowest BCUT2D eigenvalue weighted by molar-refractivity contribution is 0.460. The van der Waals surface area contributed by atoms with Gasteiger partial charge in [-0.1, -0.05) is 76.1 Å². The van der Waals surface area contributed by atoms with Crippen LogP contribution >= 0.6 is 15.9 Å². The molecule has 0 amide bonds. The third kappa shape index (κ3) is 4.50. The van der Waals surface area contributed by atoms with Gasteiger partial charge in [0.25, 0.3) is 10.0 Å². The van der Waals surface area contributed by atoms with Gasteiger partial charge in [0.15, 0.2) is 0 Å². The average molecular weight is 483 g/mol. The zero-order valence-corrected chi connectivity index (χ0v) is 19.1. The van der Waals surface area contributed by atoms with Gasteiger partial charge in [0, 0.05) is 17.4 Å². The Kier molecular flexibility index (Phi) is 6.06. The van der Waals surface area contributed by atoms with E-state index in [0.717, 1.165) is 21.2 Å². The van der Waals surface area contributed by atoms with Crippen LogP contribution in [0.25, 0.3) is 0 Å². The molecule has 3 aromatic rings. The number of benzene rings is 3. The molecular formula is C24H23BrN2O2S. The number of hydrogen-bond donors (Lipinski definition) is 0. The SMILES string of the molecule is Cc1ccc(S(=O)(=O)N2CCC(c3cccc(Br)c3)N=C2Cc2ccccc2)cc1. The maximum atomic E-state index is 13.4. The van der Waals surface area contributed by atoms with Crippen LogP contribution in [0, 0.1) is 6.92 Å². The lowest BCUT2D eigenvalue weighted by Crippen LogP contribution is -2.42. The Bertz CT molecular complexity index is 1160. The van der Waals surface area contributed by atoms with Crippen molar-refractivity contribution in [1.29, 1.82) is 0 Å². The second-order valence-electron chi connectivity index (χ2n) is 7.46. The minimum Gasteiger partial charge on any atom is -0.263 e. The Labute approximate surface area is 186 Å². The molecule has 4 nitrogen and oxygen atoms in total. The molecule has 1 aliphatic rings. The molecule has 4 rings (SSSR count). The van der Waals surface area contributed by atoms with E-state index in [-0.39, 0.29) is 6.04 Å². The first-order valence-electron chi connectivity index (χ1n) is 9.89. The van der Waals surface area contributed by atoms with Crippen LogP contribution < -0.4 is 0 Å². The summed E-state index contributed by atoms with van der Waals surface area (Å²) in [6.07, 6.45) is 1.11. The highest BCUT2D eigenvalue weighted by atomic mass is 79.9. The summed E-state index contributed by atoms with van der Waals surface area (Å²) >= 11 is 3.52. The molecule has 0 spiro atoms. The molecule has 0 saturated carbocycles. The van der Waals surface area contributed by atoms with Crippen molar-refractivity contribution in [3.8, 4) is 0 Å². The third-order valence-electron chi connectivity index (χ3n) is 5.25. The average Bonchev–Trinajstić information content (AvgIpc) is 2.75. The monoisotopic (exact) mass is 482 g/mol. The Morgan fingerprint density at radius 3 is 2.43 bits per heavy atom. The number of amidine groups is 1. The van der Waals surface area contributed by atoms with Crippen molar-refractivity contribution in [2.45, 2.75) is 30.7 Å². The van der Waals surface area contributed by atoms with E-state index in [9.17, 15) is 8.42 Å². The van der Waals surface area contributed by atoms with Crippen LogP contribution in [0.2, 0.25) is 0 Å². The summed E-state index contributed by atoms with van der Waals surface area (Å²) in [6, 6.07) is 24.9. The number of halogens is 1. The molecule has 0 bridgehead atoms. The van der Waals surface area contributed by atoms with E-state index in [1.807, 2.05) is 67.6 Å². The molecule has 154 valence electrons. The summed E-state index contributed by atoms with van der Waals surface area (Å²) in [5.41, 5.74) is 3.15. The highest BCUT2D eigenvalue weighted by Crippen LogP contribution is 2.31. The largest absolute Gasteiger partial charge is 0.265 e. The zero-order chi connectivity index (χ0) is 21.1. The maximum absolute atomic E-state index is 13.4. The van der Waals surface area contributed by atoms with Crippen LogP contribution in [0.5, 0.6) is 0 Å². The highest BCUT2D eigenvalue weighted by molar-refractivity contribution is 9.10. The van der Waals surface area contributed by atoms with Gasteiger partial charge in [-0.15, -0.1) is 0 Å². The molecule has 30 heavy (non-hydrogen) atoms. The van der Waals surface area contributed by atoms with Gasteiger partial charge in [0.1, 0.15) is 5.84 Å². The Balaban J connectivity index is 1.73. The van der Waals surface area contributed by atoms with E-state index >= 15 is 0 Å². The summed E-state index contributed by atoms with van der Waals surface area (Å²) in [5, 5.41) is 0. The fraction of sp³-hybridized carbons (Fsp3) is 0.208. The first kappa shape index (κ1) is 20.8. The van der Waals surface area contributed by atoms with Crippen molar-refractivity contribution in [3.63, 3.8) is 0 Å². The summed E-state index contributed by atoms with van der Waals surface area (Å²) in [5.74, 6) is 0.581. The van der Waals surface area contributed by atoms with Crippen molar-refractivity contribution in [1.82, 2.24) is 4.31 Å². The van der Waals surface area contributed by atoms with Crippen molar-refractivity contribution >= 4 is 31.8 Å². The van der Waals surface area contributed by atoms with Crippen molar-refractivity contribution in [2.24, 2.45) is 4.99 Å². The fourth-order valence-electron chi connectivity index (χ4n) is 3.64. The van der Waals surface area contributed by atoms with Crippen LogP contribution in [0.4, 0.5) is 0 Å². The Morgan fingerprint density at radius 1 is 1.00 bits per heavy atom. The molecule has 0 saturated heterocycles. The van der Waals surface area contributed by atoms with E-state index in [0.29, 0.717) is 30.1 Å². The van der Waals surface area contributed by atoms with Crippen LogP contribution in [-0.4, -0.2) is 25.1 Å². The van der Waals surface area contributed by atoms with Crippen molar-refractivity contribution in [2.75, 3.05) is 6.54 Å². The minimum absolute atomic E-state index is 0.0642. The van der Waals surface area contributed by atoms with Gasteiger partial charge in [0.2, 0.25) is 0 Å². The van der Waals surface area contributed by atoms with Crippen LogP contribution in [-0.2, 0) is 16.4 Å². The molecule has 0 N–H and O–H groups in total. The van der Waals surface area contributed by atoms with Gasteiger partial charge in [-0.3, -0.25) is 9.30 Å². The van der Waals surface area contributed by atoms with Gasteiger partial charge in [-0.05, 0) is 48.7 Å². The van der Waals surface area contributed by atoms with E-state index in [2.05, 4.69) is 22.0 Å². The Hall–Kier alpha value is -2.44. The van der Waals surface area contributed by atoms with Crippen molar-refractivity contribution < 1.29 is 8.42 Å². The van der Waals surface area contributed by atoms with E-state index < -0.39 is 10.0 Å². The zero-order valence-electron chi connectivity index (χ0n) is 16.7. The number of sulfonamides is 1.